The number of hydrogen-bond acceptors (Lipinski definition) is 5. The van der Waals surface area contributed by atoms with Crippen LogP contribution in [0, 0.1) is 17.2 Å². The maximum absolute atomic E-state index is 13.6. The number of thioether (sulfide) groups is 2. The van der Waals surface area contributed by atoms with Gasteiger partial charge in [-0.05, 0) is 68.8 Å². The number of nitrogens with zero attached hydrogens (tertiary/aromatic N) is 1. The van der Waals surface area contributed by atoms with Crippen molar-refractivity contribution in [2.75, 3.05) is 30.1 Å². The smallest absolute Gasteiger partial charge is 0.134 e. The first kappa shape index (κ1) is 24.0. The molecule has 0 fully saturated rings. The Morgan fingerprint density at radius 2 is 2.03 bits per heavy atom. The van der Waals surface area contributed by atoms with E-state index in [4.69, 9.17) is 4.74 Å². The molecule has 0 saturated heterocycles. The molecule has 0 aromatic heterocycles. The van der Waals surface area contributed by atoms with Gasteiger partial charge in [-0.15, -0.1) is 23.5 Å². The van der Waals surface area contributed by atoms with Crippen LogP contribution in [0.25, 0.3) is 0 Å². The lowest BCUT2D eigenvalue weighted by molar-refractivity contribution is -0.116. The number of carbonyl (C=O) groups is 1. The number of benzene rings is 2. The average molecular weight is 462 g/mol. The largest absolute Gasteiger partial charge is 0.491 e. The van der Waals surface area contributed by atoms with Crippen molar-refractivity contribution in [2.24, 2.45) is 11.3 Å². The van der Waals surface area contributed by atoms with Gasteiger partial charge in [-0.2, -0.15) is 0 Å². The monoisotopic (exact) mass is 461 g/mol. The number of unbranched alkanes of at least 4 members (excludes halogenated alkanes) is 1. The van der Waals surface area contributed by atoms with Crippen LogP contribution in [0.1, 0.15) is 40.0 Å². The van der Waals surface area contributed by atoms with Crippen LogP contribution in [0.4, 0.5) is 15.8 Å². The van der Waals surface area contributed by atoms with E-state index in [1.165, 1.54) is 36.3 Å². The molecule has 6 heteroatoms. The molecule has 3 nitrogen and oxygen atoms in total. The molecular formula is C25H32FNO2S2. The first-order chi connectivity index (χ1) is 14.9. The summed E-state index contributed by atoms with van der Waals surface area (Å²) in [7, 11) is 0. The summed E-state index contributed by atoms with van der Waals surface area (Å²) in [6.07, 6.45) is 6.56. The van der Waals surface area contributed by atoms with E-state index in [2.05, 4.69) is 24.0 Å². The van der Waals surface area contributed by atoms with Crippen LogP contribution in [0.5, 0.6) is 5.75 Å². The number of aldehydes is 1. The zero-order chi connectivity index (χ0) is 22.4. The third-order valence-electron chi connectivity index (χ3n) is 5.47. The molecule has 0 radical (unpaired) electrons. The van der Waals surface area contributed by atoms with Crippen molar-refractivity contribution in [3.63, 3.8) is 0 Å². The summed E-state index contributed by atoms with van der Waals surface area (Å²) in [6, 6.07) is 11.1. The highest BCUT2D eigenvalue weighted by molar-refractivity contribution is 7.99. The number of anilines is 2. The van der Waals surface area contributed by atoms with E-state index in [9.17, 15) is 9.18 Å². The van der Waals surface area contributed by atoms with Gasteiger partial charge in [0.15, 0.2) is 0 Å². The Morgan fingerprint density at radius 3 is 2.68 bits per heavy atom. The fourth-order valence-corrected chi connectivity index (χ4v) is 5.32. The van der Waals surface area contributed by atoms with Crippen LogP contribution in [0.15, 0.2) is 46.2 Å². The molecule has 0 spiro atoms. The van der Waals surface area contributed by atoms with E-state index >= 15 is 0 Å². The Kier molecular flexibility index (Phi) is 8.34. The number of rotatable bonds is 9. The fraction of sp³-hybridized carbons (Fsp3) is 0.480. The molecule has 0 amide bonds. The minimum atomic E-state index is -0.527. The maximum Gasteiger partial charge on any atom is 0.134 e. The van der Waals surface area contributed by atoms with E-state index in [1.807, 2.05) is 44.0 Å². The molecule has 0 N–H and O–H groups in total. The number of ether oxygens (including phenoxy) is 1. The summed E-state index contributed by atoms with van der Waals surface area (Å²) in [5.41, 5.74) is 1.62. The van der Waals surface area contributed by atoms with Crippen LogP contribution in [0.3, 0.4) is 0 Å². The van der Waals surface area contributed by atoms with Crippen molar-refractivity contribution in [2.45, 2.75) is 49.8 Å². The molecule has 31 heavy (non-hydrogen) atoms. The lowest BCUT2D eigenvalue weighted by Crippen LogP contribution is -2.25. The van der Waals surface area contributed by atoms with E-state index < -0.39 is 5.41 Å². The molecular weight excluding hydrogens is 429 g/mol. The Morgan fingerprint density at radius 1 is 1.29 bits per heavy atom. The van der Waals surface area contributed by atoms with Gasteiger partial charge in [0.1, 0.15) is 17.9 Å². The van der Waals surface area contributed by atoms with Gasteiger partial charge in [0.2, 0.25) is 0 Å². The van der Waals surface area contributed by atoms with Crippen LogP contribution in [-0.4, -0.2) is 31.4 Å². The number of fused-ring (bicyclic) bond motifs is 1. The second-order valence-corrected chi connectivity index (χ2v) is 10.7. The predicted octanol–water partition coefficient (Wildman–Crippen LogP) is 7.20. The van der Waals surface area contributed by atoms with Gasteiger partial charge < -0.3 is 14.4 Å². The zero-order valence-corrected chi connectivity index (χ0v) is 20.5. The van der Waals surface area contributed by atoms with Crippen molar-refractivity contribution < 1.29 is 13.9 Å². The van der Waals surface area contributed by atoms with Gasteiger partial charge in [0, 0.05) is 22.9 Å². The SMILES string of the molecule is CCCCC1CSc2cc(OCC(C)(C)C=O)c(SC)cc2N(c2ccc(F)cc2)C1. The fourth-order valence-electron chi connectivity index (χ4n) is 3.58. The van der Waals surface area contributed by atoms with Gasteiger partial charge in [-0.25, -0.2) is 4.39 Å². The average Bonchev–Trinajstić information content (AvgIpc) is 2.95. The van der Waals surface area contributed by atoms with Gasteiger partial charge in [-0.3, -0.25) is 0 Å². The molecule has 0 bridgehead atoms. The lowest BCUT2D eigenvalue weighted by atomic mass is 9.98. The van der Waals surface area contributed by atoms with E-state index in [1.54, 1.807) is 11.8 Å². The molecule has 3 rings (SSSR count). The Hall–Kier alpha value is -1.66. The van der Waals surface area contributed by atoms with Gasteiger partial charge in [0.05, 0.1) is 22.6 Å². The molecule has 1 atom stereocenters. The topological polar surface area (TPSA) is 29.5 Å². The molecule has 168 valence electrons. The van der Waals surface area contributed by atoms with Crippen molar-refractivity contribution in [1.29, 1.82) is 0 Å². The van der Waals surface area contributed by atoms with Gasteiger partial charge in [0.25, 0.3) is 0 Å². The minimum Gasteiger partial charge on any atom is -0.491 e. The van der Waals surface area contributed by atoms with E-state index in [0.717, 1.165) is 40.6 Å². The standard InChI is InChI=1S/C25H32FNO2S2/c1-5-6-7-18-14-27(20-10-8-19(26)9-11-20)21-12-24(30-4)22(13-23(21)31-15-18)29-17-25(2,3)16-28/h8-13,16,18H,5-7,14-15,17H2,1-4H3. The van der Waals surface area contributed by atoms with Crippen molar-refractivity contribution >= 4 is 41.2 Å². The summed E-state index contributed by atoms with van der Waals surface area (Å²) >= 11 is 3.51. The predicted molar refractivity (Wildman–Crippen MR) is 131 cm³/mol. The molecule has 1 aliphatic heterocycles. The van der Waals surface area contributed by atoms with Crippen LogP contribution >= 0.6 is 23.5 Å². The van der Waals surface area contributed by atoms with Gasteiger partial charge >= 0.3 is 0 Å². The Balaban J connectivity index is 1.99. The normalized spacial score (nSPS) is 16.5. The third kappa shape index (κ3) is 6.19. The highest BCUT2D eigenvalue weighted by atomic mass is 32.2. The van der Waals surface area contributed by atoms with Crippen molar-refractivity contribution in [1.82, 2.24) is 0 Å². The molecule has 0 saturated carbocycles. The molecule has 1 heterocycles. The molecule has 1 aliphatic rings. The summed E-state index contributed by atoms with van der Waals surface area (Å²) in [5.74, 6) is 2.20. The van der Waals surface area contributed by atoms with Crippen molar-refractivity contribution in [3.8, 4) is 5.75 Å². The van der Waals surface area contributed by atoms with Crippen LogP contribution < -0.4 is 9.64 Å². The quantitative estimate of drug-likeness (QED) is 0.291. The summed E-state index contributed by atoms with van der Waals surface area (Å²) in [5, 5.41) is 0. The first-order valence-electron chi connectivity index (χ1n) is 10.8. The summed E-state index contributed by atoms with van der Waals surface area (Å²) in [6.45, 7) is 7.24. The van der Waals surface area contributed by atoms with E-state index in [-0.39, 0.29) is 5.82 Å². The summed E-state index contributed by atoms with van der Waals surface area (Å²) in [4.78, 5) is 15.8. The molecule has 1 unspecified atom stereocenters. The molecule has 0 aliphatic carbocycles. The second kappa shape index (κ2) is 10.8. The lowest BCUT2D eigenvalue weighted by Gasteiger charge is -2.28. The highest BCUT2D eigenvalue weighted by Gasteiger charge is 2.26. The second-order valence-electron chi connectivity index (χ2n) is 8.77. The Labute approximate surface area is 194 Å². The molecule has 2 aromatic rings. The minimum absolute atomic E-state index is 0.220. The van der Waals surface area contributed by atoms with Gasteiger partial charge in [-0.1, -0.05) is 19.8 Å². The molecule has 2 aromatic carbocycles. The zero-order valence-electron chi connectivity index (χ0n) is 18.8. The number of hydrogen-bond donors (Lipinski definition) is 0. The highest BCUT2D eigenvalue weighted by Crippen LogP contribution is 2.45. The number of halogens is 1. The van der Waals surface area contributed by atoms with Crippen molar-refractivity contribution in [3.05, 3.63) is 42.2 Å². The first-order valence-corrected chi connectivity index (χ1v) is 13.0. The van der Waals surface area contributed by atoms with E-state index in [0.29, 0.717) is 12.5 Å². The third-order valence-corrected chi connectivity index (χ3v) is 7.51. The Bertz CT molecular complexity index is 886. The summed E-state index contributed by atoms with van der Waals surface area (Å²) < 4.78 is 19.7. The van der Waals surface area contributed by atoms with Crippen LogP contribution in [-0.2, 0) is 4.79 Å². The maximum atomic E-state index is 13.6. The number of carbonyl (C=O) groups excluding carboxylic acids is 1. The van der Waals surface area contributed by atoms with Crippen LogP contribution in [0.2, 0.25) is 0 Å².